The van der Waals surface area contributed by atoms with E-state index in [1.807, 2.05) is 24.3 Å². The standard InChI is InChI=1S/C14H18INO3/c1-14(2,3)19-13(18)9-8-12(17)16-11-6-4-10(15)5-7-11/h4-7H,8-9H2,1-3H3,(H,16,17). The lowest BCUT2D eigenvalue weighted by molar-refractivity contribution is -0.155. The van der Waals surface area contributed by atoms with Crippen LogP contribution in [0.25, 0.3) is 0 Å². The van der Waals surface area contributed by atoms with E-state index in [0.717, 1.165) is 9.26 Å². The summed E-state index contributed by atoms with van der Waals surface area (Å²) in [5, 5.41) is 2.74. The Bertz CT molecular complexity index is 449. The monoisotopic (exact) mass is 375 g/mol. The van der Waals surface area contributed by atoms with Crippen molar-refractivity contribution >= 4 is 40.2 Å². The zero-order valence-electron chi connectivity index (χ0n) is 11.3. The zero-order chi connectivity index (χ0) is 14.5. The Morgan fingerprint density at radius 1 is 1.16 bits per heavy atom. The van der Waals surface area contributed by atoms with Crippen molar-refractivity contribution in [3.05, 3.63) is 27.8 Å². The van der Waals surface area contributed by atoms with E-state index in [4.69, 9.17) is 4.74 Å². The van der Waals surface area contributed by atoms with Gasteiger partial charge in [0.15, 0.2) is 0 Å². The summed E-state index contributed by atoms with van der Waals surface area (Å²) in [6.07, 6.45) is 0.217. The third-order valence-corrected chi connectivity index (χ3v) is 2.82. The van der Waals surface area contributed by atoms with Crippen LogP contribution in [-0.4, -0.2) is 17.5 Å². The summed E-state index contributed by atoms with van der Waals surface area (Å²) in [4.78, 5) is 23.1. The summed E-state index contributed by atoms with van der Waals surface area (Å²) < 4.78 is 6.24. The maximum absolute atomic E-state index is 11.6. The lowest BCUT2D eigenvalue weighted by Crippen LogP contribution is -2.24. The maximum atomic E-state index is 11.6. The van der Waals surface area contributed by atoms with Gasteiger partial charge in [-0.25, -0.2) is 0 Å². The zero-order valence-corrected chi connectivity index (χ0v) is 13.5. The van der Waals surface area contributed by atoms with Crippen molar-refractivity contribution in [3.8, 4) is 0 Å². The lowest BCUT2D eigenvalue weighted by Gasteiger charge is -2.19. The van der Waals surface area contributed by atoms with Crippen molar-refractivity contribution in [2.75, 3.05) is 5.32 Å². The van der Waals surface area contributed by atoms with Crippen LogP contribution in [0, 0.1) is 3.57 Å². The number of esters is 1. The van der Waals surface area contributed by atoms with Gasteiger partial charge in [-0.2, -0.15) is 0 Å². The number of ether oxygens (including phenoxy) is 1. The molecule has 0 atom stereocenters. The Kier molecular flexibility index (Phi) is 5.78. The lowest BCUT2D eigenvalue weighted by atomic mass is 10.2. The van der Waals surface area contributed by atoms with Gasteiger partial charge in [0, 0.05) is 15.7 Å². The number of benzene rings is 1. The van der Waals surface area contributed by atoms with Crippen molar-refractivity contribution in [1.29, 1.82) is 0 Å². The molecule has 0 spiro atoms. The molecule has 0 aliphatic heterocycles. The average Bonchev–Trinajstić information content (AvgIpc) is 2.27. The molecule has 1 rings (SSSR count). The molecule has 0 aliphatic carbocycles. The summed E-state index contributed by atoms with van der Waals surface area (Å²) in [6.45, 7) is 5.41. The molecule has 0 aliphatic rings. The molecule has 0 saturated carbocycles. The summed E-state index contributed by atoms with van der Waals surface area (Å²) >= 11 is 2.19. The Balaban J connectivity index is 2.36. The largest absolute Gasteiger partial charge is 0.460 e. The van der Waals surface area contributed by atoms with Gasteiger partial charge < -0.3 is 10.1 Å². The van der Waals surface area contributed by atoms with Gasteiger partial charge in [0.1, 0.15) is 5.60 Å². The summed E-state index contributed by atoms with van der Waals surface area (Å²) in [5.74, 6) is -0.544. The number of halogens is 1. The van der Waals surface area contributed by atoms with E-state index in [9.17, 15) is 9.59 Å². The predicted molar refractivity (Wildman–Crippen MR) is 82.9 cm³/mol. The number of nitrogens with one attached hydrogen (secondary N) is 1. The molecular formula is C14H18INO3. The molecule has 0 saturated heterocycles. The van der Waals surface area contributed by atoms with Crippen LogP contribution in [0.1, 0.15) is 33.6 Å². The quantitative estimate of drug-likeness (QED) is 0.649. The highest BCUT2D eigenvalue weighted by atomic mass is 127. The van der Waals surface area contributed by atoms with Gasteiger partial charge in [-0.05, 0) is 67.6 Å². The van der Waals surface area contributed by atoms with Crippen molar-refractivity contribution in [3.63, 3.8) is 0 Å². The molecule has 4 nitrogen and oxygen atoms in total. The summed E-state index contributed by atoms with van der Waals surface area (Å²) in [5.41, 5.74) is 0.221. The van der Waals surface area contributed by atoms with Crippen LogP contribution >= 0.6 is 22.6 Å². The molecule has 1 N–H and O–H groups in total. The van der Waals surface area contributed by atoms with Gasteiger partial charge in [-0.3, -0.25) is 9.59 Å². The molecule has 0 radical (unpaired) electrons. The van der Waals surface area contributed by atoms with Gasteiger partial charge in [0.05, 0.1) is 6.42 Å². The molecule has 1 amide bonds. The van der Waals surface area contributed by atoms with Crippen LogP contribution in [0.3, 0.4) is 0 Å². The second-order valence-corrected chi connectivity index (χ2v) is 6.39. The number of anilines is 1. The van der Waals surface area contributed by atoms with E-state index >= 15 is 0 Å². The van der Waals surface area contributed by atoms with Gasteiger partial charge >= 0.3 is 5.97 Å². The molecule has 1 aromatic rings. The van der Waals surface area contributed by atoms with Crippen LogP contribution in [-0.2, 0) is 14.3 Å². The fourth-order valence-corrected chi connectivity index (χ4v) is 1.72. The average molecular weight is 375 g/mol. The Hall–Kier alpha value is -1.11. The summed E-state index contributed by atoms with van der Waals surface area (Å²) in [6, 6.07) is 7.47. The number of amides is 1. The Labute approximate surface area is 127 Å². The number of carbonyl (C=O) groups is 2. The van der Waals surface area contributed by atoms with E-state index in [1.165, 1.54) is 0 Å². The van der Waals surface area contributed by atoms with E-state index in [0.29, 0.717) is 0 Å². The van der Waals surface area contributed by atoms with E-state index in [-0.39, 0.29) is 24.7 Å². The first-order valence-electron chi connectivity index (χ1n) is 6.03. The van der Waals surface area contributed by atoms with Gasteiger partial charge in [0.2, 0.25) is 5.91 Å². The number of hydrogen-bond acceptors (Lipinski definition) is 3. The molecule has 1 aromatic carbocycles. The molecule has 0 bridgehead atoms. The van der Waals surface area contributed by atoms with Gasteiger partial charge in [0.25, 0.3) is 0 Å². The third-order valence-electron chi connectivity index (χ3n) is 2.10. The van der Waals surface area contributed by atoms with Crippen molar-refractivity contribution in [1.82, 2.24) is 0 Å². The SMILES string of the molecule is CC(C)(C)OC(=O)CCC(=O)Nc1ccc(I)cc1. The minimum Gasteiger partial charge on any atom is -0.460 e. The Morgan fingerprint density at radius 3 is 2.26 bits per heavy atom. The molecule has 0 heterocycles. The van der Waals surface area contributed by atoms with Crippen LogP contribution in [0.15, 0.2) is 24.3 Å². The topological polar surface area (TPSA) is 55.4 Å². The summed E-state index contributed by atoms with van der Waals surface area (Å²) in [7, 11) is 0. The predicted octanol–water partition coefficient (Wildman–Crippen LogP) is 3.35. The second kappa shape index (κ2) is 6.88. The van der Waals surface area contributed by atoms with Crippen LogP contribution in [0.5, 0.6) is 0 Å². The van der Waals surface area contributed by atoms with Gasteiger partial charge in [-0.1, -0.05) is 0 Å². The van der Waals surface area contributed by atoms with Crippen LogP contribution in [0.4, 0.5) is 5.69 Å². The maximum Gasteiger partial charge on any atom is 0.306 e. The fraction of sp³-hybridized carbons (Fsp3) is 0.429. The van der Waals surface area contributed by atoms with Crippen LogP contribution < -0.4 is 5.32 Å². The highest BCUT2D eigenvalue weighted by Gasteiger charge is 2.17. The molecule has 5 heteroatoms. The minimum atomic E-state index is -0.510. The molecule has 0 aromatic heterocycles. The first kappa shape index (κ1) is 15.9. The molecule has 0 fully saturated rings. The minimum absolute atomic E-state index is 0.0907. The first-order chi connectivity index (χ1) is 8.76. The highest BCUT2D eigenvalue weighted by molar-refractivity contribution is 14.1. The second-order valence-electron chi connectivity index (χ2n) is 5.14. The number of rotatable bonds is 4. The van der Waals surface area contributed by atoms with Crippen molar-refractivity contribution < 1.29 is 14.3 Å². The Morgan fingerprint density at radius 2 is 1.74 bits per heavy atom. The normalized spacial score (nSPS) is 10.9. The van der Waals surface area contributed by atoms with E-state index < -0.39 is 5.60 Å². The van der Waals surface area contributed by atoms with Crippen LogP contribution in [0.2, 0.25) is 0 Å². The smallest absolute Gasteiger partial charge is 0.306 e. The first-order valence-corrected chi connectivity index (χ1v) is 7.11. The van der Waals surface area contributed by atoms with E-state index in [2.05, 4.69) is 27.9 Å². The molecule has 19 heavy (non-hydrogen) atoms. The molecule has 104 valence electrons. The number of carbonyl (C=O) groups excluding carboxylic acids is 2. The van der Waals surface area contributed by atoms with E-state index in [1.54, 1.807) is 20.8 Å². The van der Waals surface area contributed by atoms with Crippen molar-refractivity contribution in [2.45, 2.75) is 39.2 Å². The molecular weight excluding hydrogens is 357 g/mol. The van der Waals surface area contributed by atoms with Gasteiger partial charge in [-0.15, -0.1) is 0 Å². The fourth-order valence-electron chi connectivity index (χ4n) is 1.36. The molecule has 0 unspecified atom stereocenters. The third kappa shape index (κ3) is 7.15. The number of hydrogen-bond donors (Lipinski definition) is 1. The van der Waals surface area contributed by atoms with Crippen molar-refractivity contribution in [2.24, 2.45) is 0 Å². The highest BCUT2D eigenvalue weighted by Crippen LogP contribution is 2.12.